The summed E-state index contributed by atoms with van der Waals surface area (Å²) in [5.41, 5.74) is -1.33. The van der Waals surface area contributed by atoms with E-state index in [-0.39, 0.29) is 12.2 Å². The van der Waals surface area contributed by atoms with Crippen molar-refractivity contribution in [3.63, 3.8) is 0 Å². The monoisotopic (exact) mass is 498 g/mol. The van der Waals surface area contributed by atoms with E-state index in [1.54, 1.807) is 51.1 Å². The van der Waals surface area contributed by atoms with E-state index in [4.69, 9.17) is 14.2 Å². The van der Waals surface area contributed by atoms with Crippen molar-refractivity contribution in [2.75, 3.05) is 6.61 Å². The number of esters is 2. The van der Waals surface area contributed by atoms with Crippen LogP contribution in [0.5, 0.6) is 0 Å². The van der Waals surface area contributed by atoms with Gasteiger partial charge in [0.1, 0.15) is 18.3 Å². The molecule has 1 aromatic carbocycles. The van der Waals surface area contributed by atoms with Crippen molar-refractivity contribution in [3.05, 3.63) is 47.5 Å². The summed E-state index contributed by atoms with van der Waals surface area (Å²) >= 11 is 0. The van der Waals surface area contributed by atoms with E-state index in [0.29, 0.717) is 12.0 Å². The Hall–Kier alpha value is -2.59. The maximum Gasteiger partial charge on any atom is 0.348 e. The Morgan fingerprint density at radius 2 is 1.86 bits per heavy atom. The lowest BCUT2D eigenvalue weighted by molar-refractivity contribution is -0.339. The molecule has 36 heavy (non-hydrogen) atoms. The SMILES string of the molecule is CC1=CC(=O)[C@@H](O)[C@]2(C)[C@H]3[C@@]4(O)OC[C@]35[C@H]([C@@H](C)[C@H]4O)[C@@H](OC(=O)c3ccccc3)C(=O)O[C@@H]5C[C@@H]12. The largest absolute Gasteiger partial charge is 0.459 e. The fraction of sp³-hybridized carbons (Fsp3) is 0.593. The van der Waals surface area contributed by atoms with Gasteiger partial charge in [0.15, 0.2) is 11.6 Å². The summed E-state index contributed by atoms with van der Waals surface area (Å²) in [7, 11) is 0. The molecule has 192 valence electrons. The predicted molar refractivity (Wildman–Crippen MR) is 122 cm³/mol. The molecule has 3 N–H and O–H groups in total. The number of hydrogen-bond donors (Lipinski definition) is 3. The molecular weight excluding hydrogens is 468 g/mol. The Kier molecular flexibility index (Phi) is 4.94. The molecule has 2 bridgehead atoms. The zero-order chi connectivity index (χ0) is 25.8. The van der Waals surface area contributed by atoms with Gasteiger partial charge in [0, 0.05) is 22.7 Å². The van der Waals surface area contributed by atoms with Gasteiger partial charge in [0.05, 0.1) is 12.2 Å². The summed E-state index contributed by atoms with van der Waals surface area (Å²) in [6.45, 7) is 5.13. The highest BCUT2D eigenvalue weighted by Gasteiger charge is 2.83. The first-order valence-corrected chi connectivity index (χ1v) is 12.4. The van der Waals surface area contributed by atoms with Gasteiger partial charge in [0.25, 0.3) is 0 Å². The Morgan fingerprint density at radius 3 is 2.56 bits per heavy atom. The standard InChI is InChI=1S/C27H30O9/c1-12-9-16(28)21(30)25(3)15(12)10-17-26-11-34-27(33,24(25)26)20(29)13(2)18(26)19(23(32)35-17)36-22(31)14-7-5-4-6-8-14/h4-9,13,15,17-21,24,29-30,33H,10-11H2,1-3H3/t13-,15+,17-,18-,19-,20-,21-,24-,25-,26+,27+/m1/s1. The minimum atomic E-state index is -2.09. The summed E-state index contributed by atoms with van der Waals surface area (Å²) in [5.74, 6) is -6.85. The first-order valence-electron chi connectivity index (χ1n) is 12.4. The normalized spacial score (nSPS) is 48.9. The number of fused-ring (bicyclic) bond motifs is 1. The maximum absolute atomic E-state index is 13.4. The van der Waals surface area contributed by atoms with Gasteiger partial charge in [-0.05, 0) is 43.4 Å². The molecule has 1 spiro atoms. The fourth-order valence-corrected chi connectivity index (χ4v) is 8.49. The summed E-state index contributed by atoms with van der Waals surface area (Å²) in [4.78, 5) is 39.2. The van der Waals surface area contributed by atoms with Crippen molar-refractivity contribution < 1.29 is 43.9 Å². The molecule has 1 aromatic rings. The van der Waals surface area contributed by atoms with Gasteiger partial charge in [0.2, 0.25) is 6.10 Å². The zero-order valence-electron chi connectivity index (χ0n) is 20.3. The van der Waals surface area contributed by atoms with Gasteiger partial charge < -0.3 is 29.5 Å². The number of aliphatic hydroxyl groups is 3. The third-order valence-electron chi connectivity index (χ3n) is 9.87. The molecule has 3 aliphatic carbocycles. The van der Waals surface area contributed by atoms with Crippen molar-refractivity contribution in [2.45, 2.75) is 57.4 Å². The van der Waals surface area contributed by atoms with Crippen LogP contribution in [-0.2, 0) is 23.8 Å². The van der Waals surface area contributed by atoms with Crippen molar-refractivity contribution >= 4 is 17.7 Å². The molecule has 0 radical (unpaired) electrons. The topological polar surface area (TPSA) is 140 Å². The summed E-state index contributed by atoms with van der Waals surface area (Å²) < 4.78 is 17.7. The highest BCUT2D eigenvalue weighted by molar-refractivity contribution is 5.96. The molecule has 9 nitrogen and oxygen atoms in total. The lowest BCUT2D eigenvalue weighted by Gasteiger charge is -2.68. The fourth-order valence-electron chi connectivity index (χ4n) is 8.49. The van der Waals surface area contributed by atoms with E-state index < -0.39 is 82.4 Å². The molecule has 2 heterocycles. The third-order valence-corrected chi connectivity index (χ3v) is 9.87. The van der Waals surface area contributed by atoms with Crippen LogP contribution in [0.4, 0.5) is 0 Å². The van der Waals surface area contributed by atoms with Crippen LogP contribution in [0.15, 0.2) is 42.0 Å². The van der Waals surface area contributed by atoms with Crippen LogP contribution < -0.4 is 0 Å². The van der Waals surface area contributed by atoms with Crippen molar-refractivity contribution in [1.82, 2.24) is 0 Å². The molecule has 2 saturated carbocycles. The van der Waals surface area contributed by atoms with E-state index in [1.807, 2.05) is 0 Å². The van der Waals surface area contributed by atoms with Crippen molar-refractivity contribution in [1.29, 1.82) is 0 Å². The number of rotatable bonds is 2. The molecule has 11 atom stereocenters. The lowest BCUT2D eigenvalue weighted by atomic mass is 9.38. The van der Waals surface area contributed by atoms with Crippen LogP contribution in [0.1, 0.15) is 37.6 Å². The molecule has 0 unspecified atom stereocenters. The summed E-state index contributed by atoms with van der Waals surface area (Å²) in [6.07, 6.45) is -3.29. The quantitative estimate of drug-likeness (QED) is 0.510. The second kappa shape index (κ2) is 7.47. The van der Waals surface area contributed by atoms with Gasteiger partial charge in [-0.3, -0.25) is 4.79 Å². The van der Waals surface area contributed by atoms with E-state index in [2.05, 4.69) is 0 Å². The second-order valence-electron chi connectivity index (χ2n) is 11.4. The number of ketones is 1. The van der Waals surface area contributed by atoms with Gasteiger partial charge in [-0.2, -0.15) is 0 Å². The van der Waals surface area contributed by atoms with Crippen molar-refractivity contribution in [2.24, 2.45) is 34.5 Å². The number of carbonyl (C=O) groups is 3. The number of allylic oxidation sites excluding steroid dienone is 1. The van der Waals surface area contributed by atoms with Crippen LogP contribution in [-0.4, -0.2) is 69.9 Å². The highest BCUT2D eigenvalue weighted by Crippen LogP contribution is 2.73. The van der Waals surface area contributed by atoms with Crippen LogP contribution in [0.3, 0.4) is 0 Å². The van der Waals surface area contributed by atoms with Gasteiger partial charge in [-0.1, -0.05) is 37.6 Å². The van der Waals surface area contributed by atoms with Gasteiger partial charge >= 0.3 is 11.9 Å². The lowest BCUT2D eigenvalue weighted by Crippen LogP contribution is -2.78. The first-order chi connectivity index (χ1) is 17.0. The average Bonchev–Trinajstić information content (AvgIpc) is 3.14. The Balaban J connectivity index is 1.51. The number of benzene rings is 1. The minimum Gasteiger partial charge on any atom is -0.459 e. The highest BCUT2D eigenvalue weighted by atomic mass is 16.7. The van der Waals surface area contributed by atoms with E-state index in [0.717, 1.165) is 0 Å². The Morgan fingerprint density at radius 1 is 1.17 bits per heavy atom. The third kappa shape index (κ3) is 2.66. The molecule has 5 aliphatic rings. The number of hydrogen-bond acceptors (Lipinski definition) is 9. The molecule has 9 heteroatoms. The number of aliphatic hydroxyl groups excluding tert-OH is 2. The van der Waals surface area contributed by atoms with Crippen LogP contribution in [0.2, 0.25) is 0 Å². The van der Waals surface area contributed by atoms with Crippen molar-refractivity contribution in [3.8, 4) is 0 Å². The average molecular weight is 499 g/mol. The van der Waals surface area contributed by atoms with Gasteiger partial charge in [-0.25, -0.2) is 9.59 Å². The Labute approximate surface area is 208 Å². The van der Waals surface area contributed by atoms with Crippen LogP contribution >= 0.6 is 0 Å². The predicted octanol–water partition coefficient (Wildman–Crippen LogP) is 1.00. The van der Waals surface area contributed by atoms with E-state index in [1.165, 1.54) is 6.08 Å². The van der Waals surface area contributed by atoms with Gasteiger partial charge in [-0.15, -0.1) is 0 Å². The molecule has 6 rings (SSSR count). The summed E-state index contributed by atoms with van der Waals surface area (Å²) in [6, 6.07) is 8.25. The number of carbonyl (C=O) groups excluding carboxylic acids is 3. The smallest absolute Gasteiger partial charge is 0.348 e. The first kappa shape index (κ1) is 23.8. The van der Waals surface area contributed by atoms with Crippen LogP contribution in [0.25, 0.3) is 0 Å². The van der Waals surface area contributed by atoms with E-state index >= 15 is 0 Å². The summed E-state index contributed by atoms with van der Waals surface area (Å²) in [5, 5.41) is 34.5. The molecular formula is C27H30O9. The molecule has 0 amide bonds. The molecule has 4 fully saturated rings. The maximum atomic E-state index is 13.4. The minimum absolute atomic E-state index is 0.0798. The van der Waals surface area contributed by atoms with Crippen LogP contribution in [0, 0.1) is 34.5 Å². The number of ether oxygens (including phenoxy) is 3. The molecule has 0 aromatic heterocycles. The second-order valence-corrected chi connectivity index (χ2v) is 11.4. The molecule has 2 saturated heterocycles. The zero-order valence-corrected chi connectivity index (χ0v) is 20.3. The van der Waals surface area contributed by atoms with E-state index in [9.17, 15) is 29.7 Å². The molecule has 2 aliphatic heterocycles. The Bertz CT molecular complexity index is 1180.